The van der Waals surface area contributed by atoms with Gasteiger partial charge >= 0.3 is 63.4 Å². The van der Waals surface area contributed by atoms with Crippen molar-refractivity contribution < 1.29 is 85.3 Å². The molecule has 0 aromatic heterocycles. The Morgan fingerprint density at radius 3 is 1.81 bits per heavy atom. The van der Waals surface area contributed by atoms with E-state index in [-0.39, 0.29) is 82.7 Å². The Balaban J connectivity index is -0.000000325. The van der Waals surface area contributed by atoms with Crippen molar-refractivity contribution in [3.05, 3.63) is 6.92 Å². The number of hydrogen-bond acceptors (Lipinski definition) is 6. The average molecular weight is 543 g/mol. The van der Waals surface area contributed by atoms with E-state index in [1.165, 1.54) is 0 Å². The van der Waals surface area contributed by atoms with Gasteiger partial charge < -0.3 is 44.8 Å². The van der Waals surface area contributed by atoms with E-state index in [1.807, 2.05) is 6.92 Å². The maximum Gasteiger partial charge on any atom is 1.00 e. The molecule has 0 aromatic rings. The molecule has 6 amide bonds. The van der Waals surface area contributed by atoms with Crippen LogP contribution in [-0.2, 0) is 24.0 Å². The number of carboxylic acids is 1. The molecule has 9 N–H and O–H groups in total. The molecule has 204 valence electrons. The molecule has 0 spiro atoms. The summed E-state index contributed by atoms with van der Waals surface area (Å²) in [4.78, 5) is 65.2. The fraction of sp³-hybridized carbons (Fsp3) is 0.682. The zero-order chi connectivity index (χ0) is 27.8. The molecule has 0 heterocycles. The quantitative estimate of drug-likeness (QED) is 0.0675. The summed E-state index contributed by atoms with van der Waals surface area (Å²) in [7, 11) is 0. The summed E-state index contributed by atoms with van der Waals surface area (Å²) in [5.41, 5.74) is 9.69. The van der Waals surface area contributed by atoms with Crippen LogP contribution >= 0.6 is 0 Å². The van der Waals surface area contributed by atoms with E-state index in [9.17, 15) is 28.8 Å². The van der Waals surface area contributed by atoms with Gasteiger partial charge in [-0.3, -0.25) is 24.0 Å². The second-order valence-corrected chi connectivity index (χ2v) is 7.60. The van der Waals surface area contributed by atoms with E-state index in [0.717, 1.165) is 25.7 Å². The van der Waals surface area contributed by atoms with Crippen molar-refractivity contribution in [1.82, 2.24) is 21.3 Å². The SMILES string of the molecule is CCC(=O)O.CCCNC(N)=O.[CH2-]CCCCC(=O)NCC(=O)NC(C(=O)NCC(N)=O)C(C)C.[K+]. The number of carbonyl (C=O) groups excluding carboxylic acids is 5. The number of nitrogens with one attached hydrogen (secondary N) is 4. The third-order valence-electron chi connectivity index (χ3n) is 3.90. The molecule has 0 radical (unpaired) electrons. The van der Waals surface area contributed by atoms with Crippen LogP contribution in [0, 0.1) is 12.8 Å². The fourth-order valence-corrected chi connectivity index (χ4v) is 2.02. The van der Waals surface area contributed by atoms with Gasteiger partial charge in [0.15, 0.2) is 0 Å². The number of urea groups is 1. The number of rotatable bonds is 14. The van der Waals surface area contributed by atoms with Crippen LogP contribution in [0.5, 0.6) is 0 Å². The van der Waals surface area contributed by atoms with Crippen LogP contribution in [0.4, 0.5) is 4.79 Å². The van der Waals surface area contributed by atoms with Crippen molar-refractivity contribution in [2.24, 2.45) is 17.4 Å². The van der Waals surface area contributed by atoms with Crippen molar-refractivity contribution in [2.75, 3.05) is 19.6 Å². The van der Waals surface area contributed by atoms with Crippen molar-refractivity contribution in [2.45, 2.75) is 72.3 Å². The molecular formula is C22H43KN6O7. The minimum Gasteiger partial charge on any atom is -0.481 e. The summed E-state index contributed by atoms with van der Waals surface area (Å²) in [6.07, 6.45) is 3.85. The Kier molecular flexibility index (Phi) is 32.0. The maximum atomic E-state index is 11.9. The summed E-state index contributed by atoms with van der Waals surface area (Å²) in [5.74, 6) is -2.77. The van der Waals surface area contributed by atoms with Gasteiger partial charge in [-0.25, -0.2) is 4.79 Å². The van der Waals surface area contributed by atoms with Gasteiger partial charge in [0.25, 0.3) is 0 Å². The van der Waals surface area contributed by atoms with Crippen molar-refractivity contribution in [3.63, 3.8) is 0 Å². The summed E-state index contributed by atoms with van der Waals surface area (Å²) in [6, 6.07) is -1.24. The molecule has 0 aliphatic carbocycles. The second-order valence-electron chi connectivity index (χ2n) is 7.60. The molecule has 1 atom stereocenters. The molecule has 0 saturated heterocycles. The number of nitrogens with two attached hydrogens (primary N) is 2. The van der Waals surface area contributed by atoms with Gasteiger partial charge in [0.1, 0.15) is 6.04 Å². The zero-order valence-electron chi connectivity index (χ0n) is 22.3. The monoisotopic (exact) mass is 542 g/mol. The topological polar surface area (TPSA) is 223 Å². The van der Waals surface area contributed by atoms with Crippen LogP contribution in [0.2, 0.25) is 0 Å². The summed E-state index contributed by atoms with van der Waals surface area (Å²) in [5, 5.41) is 17.5. The third kappa shape index (κ3) is 32.3. The van der Waals surface area contributed by atoms with Crippen molar-refractivity contribution in [1.29, 1.82) is 0 Å². The minimum atomic E-state index is -0.801. The molecule has 0 aromatic carbocycles. The first kappa shape index (κ1) is 41.4. The molecule has 1 unspecified atom stereocenters. The van der Waals surface area contributed by atoms with E-state index in [0.29, 0.717) is 13.0 Å². The Bertz CT molecular complexity index is 663. The van der Waals surface area contributed by atoms with Gasteiger partial charge in [0.2, 0.25) is 23.6 Å². The standard InChI is InChI=1S/C15H27N4O4.C4H10N2O.C3H6O2.K/c1-4-5-6-7-12(21)17-9-13(22)19-14(10(2)3)15(23)18-8-11(16)20;1-2-3-6-4(5)7;1-2-3(4)5;/h10,14H,1,4-9H2,2-3H3,(H2,16,20)(H,17,21)(H,18,23)(H,19,22);2-3H2,1H3,(H3,5,6,7);2H2,1H3,(H,4,5);/q-1;;;+1. The third-order valence-corrected chi connectivity index (χ3v) is 3.90. The Morgan fingerprint density at radius 1 is 0.889 bits per heavy atom. The summed E-state index contributed by atoms with van der Waals surface area (Å²) < 4.78 is 0. The predicted molar refractivity (Wildman–Crippen MR) is 132 cm³/mol. The molecule has 13 nitrogen and oxygen atoms in total. The van der Waals surface area contributed by atoms with Gasteiger partial charge in [-0.15, -0.1) is 0 Å². The number of amides is 6. The molecule has 14 heteroatoms. The van der Waals surface area contributed by atoms with Gasteiger partial charge in [-0.05, 0) is 18.8 Å². The maximum absolute atomic E-state index is 11.9. The molecule has 0 aliphatic rings. The van der Waals surface area contributed by atoms with E-state index in [2.05, 4.69) is 28.2 Å². The zero-order valence-corrected chi connectivity index (χ0v) is 25.4. The largest absolute Gasteiger partial charge is 1.00 e. The van der Waals surface area contributed by atoms with Crippen LogP contribution < -0.4 is 84.1 Å². The van der Waals surface area contributed by atoms with Crippen LogP contribution in [0.3, 0.4) is 0 Å². The predicted octanol–water partition coefficient (Wildman–Crippen LogP) is -3.21. The minimum absolute atomic E-state index is 0. The van der Waals surface area contributed by atoms with E-state index >= 15 is 0 Å². The molecule has 0 fully saturated rings. The molecule has 36 heavy (non-hydrogen) atoms. The summed E-state index contributed by atoms with van der Waals surface area (Å²) in [6.45, 7) is 11.0. The molecular weight excluding hydrogens is 499 g/mol. The van der Waals surface area contributed by atoms with Crippen LogP contribution in [0.15, 0.2) is 0 Å². The number of hydrogen-bond donors (Lipinski definition) is 7. The van der Waals surface area contributed by atoms with Gasteiger partial charge in [-0.1, -0.05) is 34.1 Å². The van der Waals surface area contributed by atoms with Gasteiger partial charge in [-0.2, -0.15) is 6.42 Å². The van der Waals surface area contributed by atoms with E-state index in [1.54, 1.807) is 20.8 Å². The summed E-state index contributed by atoms with van der Waals surface area (Å²) >= 11 is 0. The molecule has 0 bridgehead atoms. The molecule has 0 aliphatic heterocycles. The number of unbranched alkanes of at least 4 members (excludes halogenated alkanes) is 2. The number of primary amides is 2. The fourth-order valence-electron chi connectivity index (χ4n) is 2.02. The second kappa shape index (κ2) is 27.8. The molecule has 0 rings (SSSR count). The van der Waals surface area contributed by atoms with Crippen LogP contribution in [0.1, 0.15) is 66.2 Å². The number of carboxylic acid groups (broad SMARTS) is 1. The van der Waals surface area contributed by atoms with E-state index < -0.39 is 35.8 Å². The van der Waals surface area contributed by atoms with E-state index in [4.69, 9.17) is 16.6 Å². The average Bonchev–Trinajstić information content (AvgIpc) is 2.78. The Labute approximate surface area is 256 Å². The number of aliphatic carboxylic acids is 1. The van der Waals surface area contributed by atoms with Crippen molar-refractivity contribution >= 4 is 35.6 Å². The van der Waals surface area contributed by atoms with Crippen LogP contribution in [-0.4, -0.2) is 66.4 Å². The van der Waals surface area contributed by atoms with Crippen molar-refractivity contribution in [3.8, 4) is 0 Å². The first-order chi connectivity index (χ1) is 16.3. The Morgan fingerprint density at radius 2 is 1.44 bits per heavy atom. The number of carbonyl (C=O) groups is 6. The van der Waals surface area contributed by atoms with Gasteiger partial charge in [0, 0.05) is 19.4 Å². The first-order valence-electron chi connectivity index (χ1n) is 11.5. The normalized spacial score (nSPS) is 10.1. The Hall–Kier alpha value is -1.74. The smallest absolute Gasteiger partial charge is 0.481 e. The first-order valence-corrected chi connectivity index (χ1v) is 11.5. The molecule has 0 saturated carbocycles. The van der Waals surface area contributed by atoms with Gasteiger partial charge in [0.05, 0.1) is 13.1 Å². The van der Waals surface area contributed by atoms with Crippen LogP contribution in [0.25, 0.3) is 0 Å².